The van der Waals surface area contributed by atoms with Crippen LogP contribution in [-0.2, 0) is 12.7 Å². The lowest BCUT2D eigenvalue weighted by Gasteiger charge is -2.41. The Bertz CT molecular complexity index is 1190. The van der Waals surface area contributed by atoms with E-state index in [0.29, 0.717) is 23.4 Å². The van der Waals surface area contributed by atoms with Gasteiger partial charge in [0.1, 0.15) is 11.4 Å². The molecule has 0 atom stereocenters. The lowest BCUT2D eigenvalue weighted by atomic mass is 9.87. The molecule has 0 saturated heterocycles. The summed E-state index contributed by atoms with van der Waals surface area (Å²) in [7, 11) is 1.59. The monoisotopic (exact) mass is 473 g/mol. The Kier molecular flexibility index (Phi) is 5.83. The van der Waals surface area contributed by atoms with E-state index in [9.17, 15) is 22.8 Å². The van der Waals surface area contributed by atoms with Crippen LogP contribution >= 0.6 is 0 Å². The molecule has 0 saturated carbocycles. The molecule has 0 bridgehead atoms. The number of hydrogen-bond donors (Lipinski definition) is 1. The number of nitrogens with zero attached hydrogens (tertiary/aromatic N) is 2. The van der Waals surface area contributed by atoms with Gasteiger partial charge < -0.3 is 19.9 Å². The van der Waals surface area contributed by atoms with Crippen molar-refractivity contribution in [1.29, 1.82) is 0 Å². The zero-order chi connectivity index (χ0) is 24.8. The highest BCUT2D eigenvalue weighted by molar-refractivity contribution is 6.04. The van der Waals surface area contributed by atoms with Gasteiger partial charge in [0.05, 0.1) is 17.8 Å². The third-order valence-corrected chi connectivity index (χ3v) is 6.10. The van der Waals surface area contributed by atoms with Crippen molar-refractivity contribution in [3.05, 3.63) is 70.3 Å². The van der Waals surface area contributed by atoms with E-state index >= 15 is 0 Å². The summed E-state index contributed by atoms with van der Waals surface area (Å²) in [6, 6.07) is 10.0. The molecule has 34 heavy (non-hydrogen) atoms. The molecule has 0 fully saturated rings. The average Bonchev–Trinajstić information content (AvgIpc) is 3.09. The summed E-state index contributed by atoms with van der Waals surface area (Å²) in [5.74, 6) is -0.0500. The fourth-order valence-electron chi connectivity index (χ4n) is 4.37. The highest BCUT2D eigenvalue weighted by Crippen LogP contribution is 2.46. The number of rotatable bonds is 4. The number of ether oxygens (including phenoxy) is 1. The molecule has 2 aromatic carbocycles. The second kappa shape index (κ2) is 8.38. The molecule has 2 aliphatic rings. The number of carbonyl (C=O) groups is 2. The van der Waals surface area contributed by atoms with Crippen molar-refractivity contribution in [2.24, 2.45) is 0 Å². The largest absolute Gasteiger partial charge is 0.483 e. The average molecular weight is 473 g/mol. The summed E-state index contributed by atoms with van der Waals surface area (Å²) in [6.07, 6.45) is -4.57. The maximum atomic E-state index is 13.6. The third kappa shape index (κ3) is 4.10. The Morgan fingerprint density at radius 3 is 2.53 bits per heavy atom. The number of amides is 3. The van der Waals surface area contributed by atoms with Gasteiger partial charge >= 0.3 is 12.2 Å². The van der Waals surface area contributed by atoms with Crippen LogP contribution in [0.15, 0.2) is 48.0 Å². The van der Waals surface area contributed by atoms with E-state index in [4.69, 9.17) is 4.74 Å². The Morgan fingerprint density at radius 1 is 1.18 bits per heavy atom. The second-order valence-electron chi connectivity index (χ2n) is 8.89. The molecule has 6 nitrogen and oxygen atoms in total. The molecule has 2 aromatic rings. The first-order valence-corrected chi connectivity index (χ1v) is 11.0. The molecule has 0 unspecified atom stereocenters. The van der Waals surface area contributed by atoms with Crippen LogP contribution in [0.3, 0.4) is 0 Å². The molecule has 3 amide bonds. The molecule has 9 heteroatoms. The number of likely N-dealkylation sites (N-methyl/N-ethyl adjacent to an activating group) is 1. The topological polar surface area (TPSA) is 61.9 Å². The van der Waals surface area contributed by atoms with Crippen LogP contribution in [0.2, 0.25) is 0 Å². The van der Waals surface area contributed by atoms with Gasteiger partial charge in [0.25, 0.3) is 5.91 Å². The van der Waals surface area contributed by atoms with Crippen molar-refractivity contribution in [3.8, 4) is 5.75 Å². The van der Waals surface area contributed by atoms with E-state index in [0.717, 1.165) is 17.7 Å². The summed E-state index contributed by atoms with van der Waals surface area (Å²) in [5.41, 5.74) is 0.516. The molecule has 1 N–H and O–H groups in total. The Morgan fingerprint density at radius 2 is 1.88 bits per heavy atom. The molecular formula is C25H26F3N3O3. The highest BCUT2D eigenvalue weighted by atomic mass is 19.4. The fraction of sp³-hybridized carbons (Fsp3) is 0.360. The first-order valence-electron chi connectivity index (χ1n) is 11.0. The quantitative estimate of drug-likeness (QED) is 0.687. The minimum absolute atomic E-state index is 0.0595. The van der Waals surface area contributed by atoms with Crippen LogP contribution in [0.1, 0.15) is 47.8 Å². The molecule has 180 valence electrons. The molecule has 2 heterocycles. The van der Waals surface area contributed by atoms with Gasteiger partial charge in [-0.3, -0.25) is 4.79 Å². The summed E-state index contributed by atoms with van der Waals surface area (Å²) in [6.45, 7) is 6.05. The van der Waals surface area contributed by atoms with Crippen LogP contribution in [0.25, 0.3) is 5.70 Å². The van der Waals surface area contributed by atoms with Crippen molar-refractivity contribution in [2.75, 3.05) is 20.1 Å². The van der Waals surface area contributed by atoms with Crippen molar-refractivity contribution in [2.45, 2.75) is 39.1 Å². The van der Waals surface area contributed by atoms with E-state index in [2.05, 4.69) is 5.32 Å². The first-order chi connectivity index (χ1) is 15.9. The highest BCUT2D eigenvalue weighted by Gasteiger charge is 2.43. The smallest absolute Gasteiger partial charge is 0.416 e. The van der Waals surface area contributed by atoms with E-state index in [1.165, 1.54) is 15.9 Å². The van der Waals surface area contributed by atoms with Gasteiger partial charge in [0.2, 0.25) is 0 Å². The standard InChI is InChI=1S/C25H26F3N3O3/c1-5-29-23(33)30(4)14-19-21(31-13-15-8-6-7-9-17(15)22(31)32)18-12-16(25(26,27)28)10-11-20(18)34-24(19,2)3/h6-12H,5,13-14H2,1-4H3,(H,29,33). The molecule has 0 aromatic heterocycles. The van der Waals surface area contributed by atoms with E-state index < -0.39 is 17.3 Å². The number of benzene rings is 2. The fourth-order valence-corrected chi connectivity index (χ4v) is 4.37. The number of urea groups is 1. The number of hydrogen-bond acceptors (Lipinski definition) is 3. The molecular weight excluding hydrogens is 447 g/mol. The van der Waals surface area contributed by atoms with Gasteiger partial charge in [-0.2, -0.15) is 13.2 Å². The summed E-state index contributed by atoms with van der Waals surface area (Å²) in [4.78, 5) is 28.8. The van der Waals surface area contributed by atoms with E-state index in [1.807, 2.05) is 12.1 Å². The molecule has 0 radical (unpaired) electrons. The predicted molar refractivity (Wildman–Crippen MR) is 121 cm³/mol. The number of carbonyl (C=O) groups excluding carboxylic acids is 2. The van der Waals surface area contributed by atoms with Crippen LogP contribution in [-0.4, -0.2) is 47.5 Å². The summed E-state index contributed by atoms with van der Waals surface area (Å²) >= 11 is 0. The molecule has 2 aliphatic heterocycles. The zero-order valence-electron chi connectivity index (χ0n) is 19.4. The number of alkyl halides is 3. The number of nitrogens with one attached hydrogen (secondary N) is 1. The summed E-state index contributed by atoms with van der Waals surface area (Å²) < 4.78 is 46.9. The van der Waals surface area contributed by atoms with Gasteiger partial charge in [-0.1, -0.05) is 18.2 Å². The van der Waals surface area contributed by atoms with Gasteiger partial charge in [0, 0.05) is 36.8 Å². The van der Waals surface area contributed by atoms with Crippen molar-refractivity contribution in [3.63, 3.8) is 0 Å². The van der Waals surface area contributed by atoms with Crippen LogP contribution in [0.5, 0.6) is 5.75 Å². The normalized spacial score (nSPS) is 16.7. The van der Waals surface area contributed by atoms with Crippen LogP contribution < -0.4 is 10.1 Å². The van der Waals surface area contributed by atoms with Gasteiger partial charge in [-0.15, -0.1) is 0 Å². The van der Waals surface area contributed by atoms with Crippen molar-refractivity contribution in [1.82, 2.24) is 15.1 Å². The summed E-state index contributed by atoms with van der Waals surface area (Å²) in [5, 5.41) is 2.71. The lowest BCUT2D eigenvalue weighted by Crippen LogP contribution is -2.46. The van der Waals surface area contributed by atoms with Gasteiger partial charge in [-0.05, 0) is 50.6 Å². The maximum absolute atomic E-state index is 13.6. The van der Waals surface area contributed by atoms with Crippen LogP contribution in [0, 0.1) is 0 Å². The number of halogens is 3. The molecule has 4 rings (SSSR count). The SMILES string of the molecule is CCNC(=O)N(C)CC1=C(N2Cc3ccccc3C2=O)c2cc(C(F)(F)F)ccc2OC1(C)C. The maximum Gasteiger partial charge on any atom is 0.416 e. The third-order valence-electron chi connectivity index (χ3n) is 6.10. The van der Waals surface area contributed by atoms with E-state index in [1.54, 1.807) is 40.0 Å². The lowest BCUT2D eigenvalue weighted by molar-refractivity contribution is -0.137. The first kappa shape index (κ1) is 23.7. The molecule has 0 spiro atoms. The van der Waals surface area contributed by atoms with Gasteiger partial charge in [0.15, 0.2) is 0 Å². The Hall–Kier alpha value is -3.49. The predicted octanol–water partition coefficient (Wildman–Crippen LogP) is 4.90. The van der Waals surface area contributed by atoms with Gasteiger partial charge in [-0.25, -0.2) is 4.79 Å². The minimum atomic E-state index is -4.57. The van der Waals surface area contributed by atoms with Crippen molar-refractivity contribution < 1.29 is 27.5 Å². The van der Waals surface area contributed by atoms with E-state index in [-0.39, 0.29) is 36.3 Å². The Balaban J connectivity index is 1.92. The minimum Gasteiger partial charge on any atom is -0.483 e. The number of fused-ring (bicyclic) bond motifs is 2. The van der Waals surface area contributed by atoms with Crippen LogP contribution in [0.4, 0.5) is 18.0 Å². The Labute approximate surface area is 196 Å². The van der Waals surface area contributed by atoms with Crippen molar-refractivity contribution >= 4 is 17.6 Å². The zero-order valence-corrected chi connectivity index (χ0v) is 19.4. The second-order valence-corrected chi connectivity index (χ2v) is 8.89. The molecule has 0 aliphatic carbocycles.